The second-order valence-electron chi connectivity index (χ2n) is 6.78. The summed E-state index contributed by atoms with van der Waals surface area (Å²) in [5, 5.41) is 13.2. The summed E-state index contributed by atoms with van der Waals surface area (Å²) in [6.45, 7) is 7.17. The molecule has 0 saturated carbocycles. The molecule has 1 amide bonds. The smallest absolute Gasteiger partial charge is 0.222 e. The number of rotatable bonds is 1. The van der Waals surface area contributed by atoms with Gasteiger partial charge in [0.15, 0.2) is 0 Å². The first-order chi connectivity index (χ1) is 8.87. The normalized spacial score (nSPS) is 29.2. The third-order valence-corrected chi connectivity index (χ3v) is 4.44. The van der Waals surface area contributed by atoms with Gasteiger partial charge in [0.1, 0.15) is 0 Å². The Morgan fingerprint density at radius 2 is 2.21 bits per heavy atom. The van der Waals surface area contributed by atoms with Crippen molar-refractivity contribution in [2.45, 2.75) is 52.2 Å². The summed E-state index contributed by atoms with van der Waals surface area (Å²) in [6, 6.07) is 2.30. The highest BCUT2D eigenvalue weighted by Crippen LogP contribution is 2.43. The van der Waals surface area contributed by atoms with Crippen LogP contribution in [-0.2, 0) is 11.2 Å². The Balaban J connectivity index is 2.04. The van der Waals surface area contributed by atoms with Crippen LogP contribution in [0.5, 0.6) is 0 Å². The number of carbonyl (C=O) groups is 1. The van der Waals surface area contributed by atoms with Gasteiger partial charge in [-0.05, 0) is 31.2 Å². The van der Waals surface area contributed by atoms with Gasteiger partial charge in [-0.3, -0.25) is 4.79 Å². The quantitative estimate of drug-likeness (QED) is 0.811. The third-order valence-electron chi connectivity index (χ3n) is 4.44. The van der Waals surface area contributed by atoms with Crippen LogP contribution < -0.4 is 5.32 Å². The zero-order chi connectivity index (χ0) is 13.8. The summed E-state index contributed by atoms with van der Waals surface area (Å²) in [5.74, 6) is 0.127. The molecule has 0 bridgehead atoms. The average molecular weight is 262 g/mol. The standard InChI is InChI=1S/C15H22N2O2/c1-9-4-11-12(6-15(2,3)7-13(11)18)17(9)10-5-14(19)16-8-10/h4,10,13,18H,5-8H2,1-3H3,(H,16,19). The zero-order valence-electron chi connectivity index (χ0n) is 11.9. The van der Waals surface area contributed by atoms with E-state index in [2.05, 4.69) is 36.7 Å². The first-order valence-electron chi connectivity index (χ1n) is 7.03. The molecule has 2 N–H and O–H groups in total. The van der Waals surface area contributed by atoms with Gasteiger partial charge in [0, 0.05) is 29.9 Å². The van der Waals surface area contributed by atoms with Crippen molar-refractivity contribution in [1.29, 1.82) is 0 Å². The monoisotopic (exact) mass is 262 g/mol. The molecule has 2 atom stereocenters. The molecule has 2 heterocycles. The van der Waals surface area contributed by atoms with E-state index in [1.807, 2.05) is 0 Å². The van der Waals surface area contributed by atoms with Gasteiger partial charge in [0.05, 0.1) is 12.1 Å². The number of nitrogens with zero attached hydrogens (tertiary/aromatic N) is 1. The van der Waals surface area contributed by atoms with Crippen LogP contribution in [0.1, 0.15) is 55.8 Å². The number of nitrogens with one attached hydrogen (secondary N) is 1. The minimum Gasteiger partial charge on any atom is -0.388 e. The Morgan fingerprint density at radius 1 is 1.47 bits per heavy atom. The van der Waals surface area contributed by atoms with E-state index in [-0.39, 0.29) is 23.5 Å². The van der Waals surface area contributed by atoms with Crippen LogP contribution in [0.25, 0.3) is 0 Å². The molecule has 1 aromatic rings. The third kappa shape index (κ3) is 2.08. The van der Waals surface area contributed by atoms with Gasteiger partial charge >= 0.3 is 0 Å². The molecule has 104 valence electrons. The molecule has 4 heteroatoms. The SMILES string of the molecule is Cc1cc2c(n1C1CNC(=O)C1)CC(C)(C)CC2O. The van der Waals surface area contributed by atoms with Crippen molar-refractivity contribution >= 4 is 5.91 Å². The molecule has 1 saturated heterocycles. The van der Waals surface area contributed by atoms with E-state index < -0.39 is 0 Å². The van der Waals surface area contributed by atoms with Crippen molar-refractivity contribution in [3.8, 4) is 0 Å². The summed E-state index contributed by atoms with van der Waals surface area (Å²) < 4.78 is 2.28. The largest absolute Gasteiger partial charge is 0.388 e. The van der Waals surface area contributed by atoms with E-state index in [1.165, 1.54) is 5.69 Å². The molecule has 2 unspecified atom stereocenters. The zero-order valence-corrected chi connectivity index (χ0v) is 11.9. The van der Waals surface area contributed by atoms with Crippen molar-refractivity contribution in [1.82, 2.24) is 9.88 Å². The van der Waals surface area contributed by atoms with Gasteiger partial charge < -0.3 is 15.0 Å². The Kier molecular flexibility index (Phi) is 2.75. The van der Waals surface area contributed by atoms with Crippen molar-refractivity contribution < 1.29 is 9.90 Å². The van der Waals surface area contributed by atoms with Crippen molar-refractivity contribution in [3.05, 3.63) is 23.0 Å². The summed E-state index contributed by atoms with van der Waals surface area (Å²) in [6.07, 6.45) is 1.96. The fourth-order valence-corrected chi connectivity index (χ4v) is 3.65. The van der Waals surface area contributed by atoms with Crippen LogP contribution in [0.4, 0.5) is 0 Å². The first-order valence-corrected chi connectivity index (χ1v) is 7.03. The minimum atomic E-state index is -0.372. The highest BCUT2D eigenvalue weighted by atomic mass is 16.3. The van der Waals surface area contributed by atoms with Crippen LogP contribution in [0.3, 0.4) is 0 Å². The van der Waals surface area contributed by atoms with Crippen LogP contribution in [0.2, 0.25) is 0 Å². The lowest BCUT2D eigenvalue weighted by atomic mass is 9.75. The fourth-order valence-electron chi connectivity index (χ4n) is 3.65. The van der Waals surface area contributed by atoms with Crippen molar-refractivity contribution in [3.63, 3.8) is 0 Å². The summed E-state index contributed by atoms with van der Waals surface area (Å²) in [5.41, 5.74) is 3.56. The second kappa shape index (κ2) is 4.10. The first kappa shape index (κ1) is 12.7. The topological polar surface area (TPSA) is 54.3 Å². The lowest BCUT2D eigenvalue weighted by molar-refractivity contribution is -0.119. The highest BCUT2D eigenvalue weighted by Gasteiger charge is 2.36. The Bertz CT molecular complexity index is 530. The van der Waals surface area contributed by atoms with Crippen LogP contribution in [-0.4, -0.2) is 22.1 Å². The number of aliphatic hydroxyl groups excluding tert-OH is 1. The number of hydrogen-bond acceptors (Lipinski definition) is 2. The van der Waals surface area contributed by atoms with E-state index in [0.717, 1.165) is 24.1 Å². The van der Waals surface area contributed by atoms with E-state index in [1.54, 1.807) is 0 Å². The maximum Gasteiger partial charge on any atom is 0.222 e. The lowest BCUT2D eigenvalue weighted by Crippen LogP contribution is -2.28. The number of hydrogen-bond donors (Lipinski definition) is 2. The van der Waals surface area contributed by atoms with Crippen molar-refractivity contribution in [2.75, 3.05) is 6.54 Å². The average Bonchev–Trinajstić information content (AvgIpc) is 2.81. The maximum absolute atomic E-state index is 11.4. The van der Waals surface area contributed by atoms with E-state index in [9.17, 15) is 9.90 Å². The van der Waals surface area contributed by atoms with Gasteiger partial charge in [-0.2, -0.15) is 0 Å². The molecule has 1 aromatic heterocycles. The summed E-state index contributed by atoms with van der Waals surface area (Å²) in [7, 11) is 0. The number of aromatic nitrogens is 1. The molecule has 19 heavy (non-hydrogen) atoms. The Hall–Kier alpha value is -1.29. The molecular formula is C15H22N2O2. The summed E-state index contributed by atoms with van der Waals surface area (Å²) >= 11 is 0. The van der Waals surface area contributed by atoms with Gasteiger partial charge in [-0.1, -0.05) is 13.8 Å². The number of carbonyl (C=O) groups excluding carboxylic acids is 1. The molecular weight excluding hydrogens is 240 g/mol. The highest BCUT2D eigenvalue weighted by molar-refractivity contribution is 5.78. The molecule has 3 rings (SSSR count). The van der Waals surface area contributed by atoms with Gasteiger partial charge in [-0.15, -0.1) is 0 Å². The number of amides is 1. The summed E-state index contributed by atoms with van der Waals surface area (Å²) in [4.78, 5) is 11.4. The molecule has 1 fully saturated rings. The minimum absolute atomic E-state index is 0.116. The molecule has 2 aliphatic rings. The molecule has 0 aromatic carbocycles. The van der Waals surface area contributed by atoms with Gasteiger partial charge in [0.25, 0.3) is 0 Å². The number of aryl methyl sites for hydroxylation is 1. The molecule has 0 spiro atoms. The molecule has 1 aliphatic heterocycles. The Morgan fingerprint density at radius 3 is 2.84 bits per heavy atom. The van der Waals surface area contributed by atoms with E-state index >= 15 is 0 Å². The Labute approximate surface area is 113 Å². The van der Waals surface area contributed by atoms with Crippen LogP contribution in [0.15, 0.2) is 6.07 Å². The van der Waals surface area contributed by atoms with Gasteiger partial charge in [-0.25, -0.2) is 0 Å². The predicted octanol–water partition coefficient (Wildman–Crippen LogP) is 1.86. The fraction of sp³-hybridized carbons (Fsp3) is 0.667. The number of fused-ring (bicyclic) bond motifs is 1. The number of aliphatic hydroxyl groups is 1. The molecule has 1 aliphatic carbocycles. The van der Waals surface area contributed by atoms with E-state index in [0.29, 0.717) is 13.0 Å². The lowest BCUT2D eigenvalue weighted by Gasteiger charge is -2.34. The molecule has 4 nitrogen and oxygen atoms in total. The second-order valence-corrected chi connectivity index (χ2v) is 6.78. The van der Waals surface area contributed by atoms with Gasteiger partial charge in [0.2, 0.25) is 5.91 Å². The van der Waals surface area contributed by atoms with E-state index in [4.69, 9.17) is 0 Å². The predicted molar refractivity (Wildman–Crippen MR) is 72.9 cm³/mol. The van der Waals surface area contributed by atoms with Crippen LogP contribution >= 0.6 is 0 Å². The maximum atomic E-state index is 11.4. The molecule has 0 radical (unpaired) electrons. The van der Waals surface area contributed by atoms with Crippen LogP contribution in [0, 0.1) is 12.3 Å². The van der Waals surface area contributed by atoms with Crippen molar-refractivity contribution in [2.24, 2.45) is 5.41 Å².